The third-order valence-corrected chi connectivity index (χ3v) is 15.4. The minimum absolute atomic E-state index is 0. The number of ether oxygens (including phenoxy) is 2. The van der Waals surface area contributed by atoms with Gasteiger partial charge in [-0.1, -0.05) is 81.0 Å². The molecule has 13 rings (SSSR count). The summed E-state index contributed by atoms with van der Waals surface area (Å²) in [5, 5.41) is 33.0. The minimum atomic E-state index is -4.92. The maximum atomic E-state index is 11.6. The average Bonchev–Trinajstić information content (AvgIpc) is 1.70. The van der Waals surface area contributed by atoms with Crippen LogP contribution in [0.1, 0.15) is 123 Å². The van der Waals surface area contributed by atoms with Crippen LogP contribution < -0.4 is 53.8 Å². The van der Waals surface area contributed by atoms with Crippen LogP contribution in [0.25, 0.3) is 73.2 Å². The van der Waals surface area contributed by atoms with Crippen LogP contribution in [0.2, 0.25) is 0 Å². The van der Waals surface area contributed by atoms with Crippen LogP contribution in [0.5, 0.6) is 23.0 Å². The van der Waals surface area contributed by atoms with Gasteiger partial charge in [-0.15, -0.1) is 22.4 Å². The molecule has 51 heteroatoms. The smallest absolute Gasteiger partial charge is 0.506 e. The number of pyridine rings is 6. The number of primary amides is 7. The zero-order chi connectivity index (χ0) is 91.1. The molecule has 0 fully saturated rings. The first-order valence-electron chi connectivity index (χ1n) is 32.9. The summed E-state index contributed by atoms with van der Waals surface area (Å²) in [4.78, 5) is 108. The average molecular weight is 1830 g/mol. The number of aromatic hydroxyl groups is 1. The Morgan fingerprint density at radius 2 is 0.680 bits per heavy atom. The number of benzene rings is 1. The molecule has 13 aromatic rings. The molecule has 0 aliphatic rings. The van der Waals surface area contributed by atoms with Gasteiger partial charge in [-0.3, -0.25) is 91.6 Å². The summed E-state index contributed by atoms with van der Waals surface area (Å²) in [5.41, 5.74) is 46.6. The third kappa shape index (κ3) is 35.0. The van der Waals surface area contributed by atoms with E-state index >= 15 is 0 Å². The first-order valence-corrected chi connectivity index (χ1v) is 33.6. The van der Waals surface area contributed by atoms with E-state index in [1.807, 2.05) is 42.5 Å². The van der Waals surface area contributed by atoms with E-state index in [2.05, 4.69) is 74.6 Å². The van der Waals surface area contributed by atoms with Gasteiger partial charge in [-0.05, 0) is 109 Å². The number of hydrogen-bond donors (Lipinski definition) is 8. The summed E-state index contributed by atoms with van der Waals surface area (Å²) in [6, 6.07) is 39.2. The molecule has 0 radical (unpaired) electrons. The molecule has 0 unspecified atom stereocenters. The molecule has 0 saturated carbocycles. The fourth-order valence-electron chi connectivity index (χ4n) is 9.49. The van der Waals surface area contributed by atoms with Crippen molar-refractivity contribution in [2.24, 2.45) is 82.4 Å². The van der Waals surface area contributed by atoms with E-state index in [1.54, 1.807) is 138 Å². The number of carbonyl (C=O) groups is 7. The predicted molar refractivity (Wildman–Crippen MR) is 449 cm³/mol. The lowest BCUT2D eigenvalue weighted by Crippen LogP contribution is -2.11. The topological polar surface area (TPSA) is 557 Å². The Morgan fingerprint density at radius 1 is 0.391 bits per heavy atom. The Morgan fingerprint density at radius 3 is 0.922 bits per heavy atom. The van der Waals surface area contributed by atoms with E-state index in [-0.39, 0.29) is 103 Å². The molecule has 0 saturated heterocycles. The number of methoxy groups -OCH3 is 1. The maximum absolute atomic E-state index is 11.6. The highest BCUT2D eigenvalue weighted by molar-refractivity contribution is 7.90. The summed E-state index contributed by atoms with van der Waals surface area (Å²) >= 11 is -0.0149. The van der Waals surface area contributed by atoms with Crippen molar-refractivity contribution in [3.63, 3.8) is 0 Å². The normalized spacial score (nSPS) is 9.54. The van der Waals surface area contributed by atoms with Gasteiger partial charge < -0.3 is 58.9 Å². The van der Waals surface area contributed by atoms with Gasteiger partial charge in [0.15, 0.2) is 39.9 Å². The molecule has 12 heterocycles. The number of nitrogens with two attached hydrogens (primary N) is 7. The highest BCUT2D eigenvalue weighted by Gasteiger charge is 2.32. The molecule has 7 amide bonds. The predicted octanol–water partition coefficient (Wildman–Crippen LogP) is 13.0. The second-order valence-electron chi connectivity index (χ2n) is 23.0. The second kappa shape index (κ2) is 57.3. The molecule has 0 aliphatic carbocycles. The number of alkyl halides is 3. The zero-order valence-corrected chi connectivity index (χ0v) is 64.7. The van der Waals surface area contributed by atoms with Crippen molar-refractivity contribution >= 4 is 59.4 Å². The molecule has 15 N–H and O–H groups in total. The first-order chi connectivity index (χ1) is 58.2. The Kier molecular flexibility index (Phi) is 51.9. The maximum Gasteiger partial charge on any atom is 0.550 e. The number of carbonyl (C=O) groups excluding carboxylic acids is 7. The van der Waals surface area contributed by atoms with Crippen LogP contribution in [0.4, 0.5) is 55.5 Å². The number of aryl methyl sites for hydroxylation is 6. The Balaban J connectivity index is -0.00000143. The van der Waals surface area contributed by atoms with Crippen LogP contribution in [0.3, 0.4) is 0 Å². The lowest BCUT2D eigenvalue weighted by atomic mass is 10.2. The van der Waals surface area contributed by atoms with Gasteiger partial charge in [0.05, 0.1) is 112 Å². The molecule has 0 bridgehead atoms. The molecular weight excluding hydrogens is 1740 g/mol. The van der Waals surface area contributed by atoms with Gasteiger partial charge >= 0.3 is 6.36 Å². The highest BCUT2D eigenvalue weighted by atomic mass is 32.2. The Hall–Kier alpha value is -16.1. The van der Waals surface area contributed by atoms with Crippen molar-refractivity contribution in [1.29, 1.82) is 0 Å². The lowest BCUT2D eigenvalue weighted by Gasteiger charge is -2.07. The molecule has 0 atom stereocenters. The van der Waals surface area contributed by atoms with E-state index in [0.29, 0.717) is 92.0 Å². The van der Waals surface area contributed by atoms with E-state index in [1.165, 1.54) is 73.8 Å². The monoisotopic (exact) mass is 1830 g/mol. The summed E-state index contributed by atoms with van der Waals surface area (Å²) < 4.78 is 127. The van der Waals surface area contributed by atoms with Crippen LogP contribution >= 0.6 is 12.3 Å². The molecule has 128 heavy (non-hydrogen) atoms. The van der Waals surface area contributed by atoms with Gasteiger partial charge in [0.25, 0.3) is 47.8 Å². The van der Waals surface area contributed by atoms with E-state index in [0.717, 1.165) is 11.3 Å². The molecule has 690 valence electrons. The minimum Gasteiger partial charge on any atom is -0.506 e. The molecule has 0 spiro atoms. The number of nitrogens with zero attached hydrogens (tertiary/aromatic N) is 19. The van der Waals surface area contributed by atoms with Crippen LogP contribution in [0, 0.1) is 6.57 Å². The van der Waals surface area contributed by atoms with Gasteiger partial charge in [-0.25, -0.2) is 4.85 Å². The van der Waals surface area contributed by atoms with Crippen molar-refractivity contribution in [3.8, 4) is 91.3 Å². The zero-order valence-electron chi connectivity index (χ0n) is 63.9. The van der Waals surface area contributed by atoms with Crippen molar-refractivity contribution in [3.05, 3.63) is 233 Å². The van der Waals surface area contributed by atoms with Crippen molar-refractivity contribution in [2.45, 2.75) is 57.5 Å². The van der Waals surface area contributed by atoms with Crippen molar-refractivity contribution in [2.75, 3.05) is 7.11 Å². The van der Waals surface area contributed by atoms with Gasteiger partial charge in [0.2, 0.25) is 11.6 Å². The fraction of sp³-hybridized carbons (Fsp3) is 0.195. The van der Waals surface area contributed by atoms with E-state index in [9.17, 15) is 46.7 Å². The summed E-state index contributed by atoms with van der Waals surface area (Å²) in [5.74, 6) is -2.54. The standard InChI is InChI=1S/C17H16N4O2.C11H9F3N4O4S.C11H11N5O2.C11H9N5O.C11H12N4O2.C10H10N4O2.6CH4.4F2/c1-21-16(9-15(20-21)17(18)22)14-8-7-13(10-19-14)23-11-12-5-3-2-4-6-12;1-18-9(4-8(17-18)10(15)19)7-3-2-6(5-16-7)20-23-22-21-11(12,13)14;1-16-9(4-8(15-16)11(13)18)7-3-2-6(5-14-7)10(12)17;1-13-7-3-4-8(14-6-7)10-5-9(11(12)17)15-16(10)2;1-15-10(5-9(14-15)11(12)16)8-4-3-7(17-2)6-13-8;1-14-9(4-8(13-14)10(11)16)7-3-2-6(15)5-12-7;;;;;;;4*1-2/h2-10H,11H2,1H3,(H2,18,22);2-5H,1H3,(H2,15,19);2-5H,1H3,(H2,12,17)(H2,13,18);3-6H,2H3,(H2,12,17);3-6H,1-2H3,(H2,12,16);2-5,15H,1H3,(H2,11,16);6*1H4;;;;. The molecule has 0 aliphatic heterocycles. The molecule has 12 aromatic heterocycles. The highest BCUT2D eigenvalue weighted by Crippen LogP contribution is 2.28. The Labute approximate surface area is 728 Å². The number of aromatic nitrogens is 18. The summed E-state index contributed by atoms with van der Waals surface area (Å²) in [7, 11) is 11.7. The van der Waals surface area contributed by atoms with Crippen LogP contribution in [0.15, 0.2) is 177 Å². The van der Waals surface area contributed by atoms with Gasteiger partial charge in [-0.2, -0.15) is 30.6 Å². The van der Waals surface area contributed by atoms with Crippen molar-refractivity contribution < 1.29 is 111 Å². The summed E-state index contributed by atoms with van der Waals surface area (Å²) in [6.07, 6.45) is 3.74. The number of amides is 7. The number of rotatable bonds is 21. The number of hydrogen-bond acceptors (Lipinski definition) is 26. The Bertz CT molecular complexity index is 5610. The third-order valence-electron chi connectivity index (χ3n) is 15.0. The van der Waals surface area contributed by atoms with E-state index < -0.39 is 47.7 Å². The first kappa shape index (κ1) is 116. The fourth-order valence-corrected chi connectivity index (χ4v) is 9.80. The molecule has 1 aromatic carbocycles. The van der Waals surface area contributed by atoms with Gasteiger partial charge in [0, 0.05) is 91.3 Å². The largest absolute Gasteiger partial charge is 0.550 e. The van der Waals surface area contributed by atoms with Crippen LogP contribution in [-0.4, -0.2) is 149 Å². The second-order valence-corrected chi connectivity index (χ2v) is 23.4. The van der Waals surface area contributed by atoms with Crippen LogP contribution in [-0.2, 0) is 58.1 Å². The quantitative estimate of drug-likeness (QED) is 0.00827. The molecule has 39 nitrogen and oxygen atoms in total. The SMILES string of the molecule is C.C.C.C.C.C.COc1ccc(-c2cc(C(N)=O)nn2C)nc1.Cn1nc(C(N)=O)cc1-c1ccc(C(N)=O)cn1.Cn1nc(C(N)=O)cc1-c1ccc(O)cn1.Cn1nc(C(N)=O)cc1-c1ccc(OCc2ccccc2)cn1.Cn1nc(C(N)=O)cc1-c1ccc(OSOOC(F)(F)F)cn1.FF.FF.FF.FF.[C-]#[N+]c1ccc(-c2cc(C(N)=O)nn2C)nc1. The molecular formula is C77H91F11N26O13S. The summed E-state index contributed by atoms with van der Waals surface area (Å²) in [6.45, 7) is 7.31. The lowest BCUT2D eigenvalue weighted by molar-refractivity contribution is -0.441. The number of halogens is 11. The van der Waals surface area contributed by atoms with Crippen molar-refractivity contribution in [1.82, 2.24) is 88.6 Å². The van der Waals surface area contributed by atoms with Gasteiger partial charge in [0.1, 0.15) is 23.9 Å². The van der Waals surface area contributed by atoms with E-state index in [4.69, 9.17) is 102 Å².